The van der Waals surface area contributed by atoms with Gasteiger partial charge < -0.3 is 15.0 Å². The fraction of sp³-hybridized carbons (Fsp3) is 0.375. The van der Waals surface area contributed by atoms with Gasteiger partial charge in [-0.25, -0.2) is 8.42 Å². The molecule has 0 fully saturated rings. The third kappa shape index (κ3) is 7.88. The average molecular weight is 580 g/mol. The van der Waals surface area contributed by atoms with Gasteiger partial charge in [0.1, 0.15) is 18.3 Å². The Morgan fingerprint density at radius 3 is 2.17 bits per heavy atom. The average Bonchev–Trinajstić information content (AvgIpc) is 2.94. The zero-order valence-electron chi connectivity index (χ0n) is 24.8. The second-order valence-electron chi connectivity index (χ2n) is 10.2. The lowest BCUT2D eigenvalue weighted by Crippen LogP contribution is -2.52. The van der Waals surface area contributed by atoms with Crippen LogP contribution in [0, 0.1) is 20.8 Å². The van der Waals surface area contributed by atoms with Crippen molar-refractivity contribution in [3.63, 3.8) is 0 Å². The standard InChI is InChI=1S/C32H41N3O5S/c1-7-18-33-32(37)28(8-2)34(21-26-11-9-10-24(4)19-26)31(36)22-35(29-20-25(5)14-17-30(29)40-6)41(38,39)27-15-12-23(3)13-16-27/h9-17,19-20,28H,7-8,18,21-22H2,1-6H3,(H,33,37). The van der Waals surface area contributed by atoms with Gasteiger partial charge in [0.2, 0.25) is 11.8 Å². The van der Waals surface area contributed by atoms with Crippen molar-refractivity contribution in [1.82, 2.24) is 10.2 Å². The quantitative estimate of drug-likeness (QED) is 0.302. The molecule has 9 heteroatoms. The van der Waals surface area contributed by atoms with E-state index >= 15 is 0 Å². The summed E-state index contributed by atoms with van der Waals surface area (Å²) >= 11 is 0. The van der Waals surface area contributed by atoms with Gasteiger partial charge >= 0.3 is 0 Å². The smallest absolute Gasteiger partial charge is 0.264 e. The lowest BCUT2D eigenvalue weighted by molar-refractivity contribution is -0.140. The molecule has 1 unspecified atom stereocenters. The molecule has 2 amide bonds. The van der Waals surface area contributed by atoms with E-state index in [2.05, 4.69) is 5.32 Å². The van der Waals surface area contributed by atoms with E-state index in [-0.39, 0.29) is 23.0 Å². The lowest BCUT2D eigenvalue weighted by Gasteiger charge is -2.33. The number of anilines is 1. The first-order valence-corrected chi connectivity index (χ1v) is 15.3. The number of benzene rings is 3. The summed E-state index contributed by atoms with van der Waals surface area (Å²) < 4.78 is 34.9. The first-order chi connectivity index (χ1) is 19.5. The Morgan fingerprint density at radius 2 is 1.56 bits per heavy atom. The highest BCUT2D eigenvalue weighted by Crippen LogP contribution is 2.34. The van der Waals surface area contributed by atoms with E-state index in [0.717, 1.165) is 33.0 Å². The maximum Gasteiger partial charge on any atom is 0.264 e. The van der Waals surface area contributed by atoms with E-state index in [1.165, 1.54) is 24.1 Å². The molecule has 3 aromatic rings. The molecule has 0 spiro atoms. The Kier molecular flexibility index (Phi) is 10.9. The van der Waals surface area contributed by atoms with Crippen LogP contribution in [0.25, 0.3) is 0 Å². The maximum absolute atomic E-state index is 14.2. The van der Waals surface area contributed by atoms with Crippen LogP contribution in [0.2, 0.25) is 0 Å². The molecule has 41 heavy (non-hydrogen) atoms. The van der Waals surface area contributed by atoms with E-state index in [1.807, 2.05) is 65.0 Å². The number of nitrogens with one attached hydrogen (secondary N) is 1. The second kappa shape index (κ2) is 14.2. The van der Waals surface area contributed by atoms with Crippen molar-refractivity contribution in [3.8, 4) is 5.75 Å². The molecule has 1 N–H and O–H groups in total. The van der Waals surface area contributed by atoms with Crippen LogP contribution < -0.4 is 14.4 Å². The van der Waals surface area contributed by atoms with Crippen LogP contribution in [0.4, 0.5) is 5.69 Å². The zero-order valence-corrected chi connectivity index (χ0v) is 25.6. The molecule has 0 heterocycles. The summed E-state index contributed by atoms with van der Waals surface area (Å²) in [6.45, 7) is 9.60. The lowest BCUT2D eigenvalue weighted by atomic mass is 10.1. The molecule has 0 bridgehead atoms. The third-order valence-electron chi connectivity index (χ3n) is 6.86. The summed E-state index contributed by atoms with van der Waals surface area (Å²) in [4.78, 5) is 29.0. The van der Waals surface area contributed by atoms with E-state index in [1.54, 1.807) is 24.3 Å². The van der Waals surface area contributed by atoms with Gasteiger partial charge in [0, 0.05) is 13.1 Å². The highest BCUT2D eigenvalue weighted by molar-refractivity contribution is 7.92. The molecule has 0 aromatic heterocycles. The Morgan fingerprint density at radius 1 is 0.902 bits per heavy atom. The van der Waals surface area contributed by atoms with Gasteiger partial charge in [0.25, 0.3) is 10.0 Å². The predicted octanol–water partition coefficient (Wildman–Crippen LogP) is 5.15. The minimum Gasteiger partial charge on any atom is -0.495 e. The van der Waals surface area contributed by atoms with Crippen molar-refractivity contribution < 1.29 is 22.7 Å². The number of methoxy groups -OCH3 is 1. The number of rotatable bonds is 13. The Balaban J connectivity index is 2.12. The van der Waals surface area contributed by atoms with Crippen molar-refractivity contribution in [1.29, 1.82) is 0 Å². The third-order valence-corrected chi connectivity index (χ3v) is 8.64. The van der Waals surface area contributed by atoms with Crippen LogP contribution in [-0.4, -0.2) is 51.4 Å². The number of nitrogens with zero attached hydrogens (tertiary/aromatic N) is 2. The molecule has 0 aliphatic heterocycles. The molecular weight excluding hydrogens is 538 g/mol. The van der Waals surface area contributed by atoms with Gasteiger partial charge in [-0.3, -0.25) is 13.9 Å². The number of ether oxygens (including phenoxy) is 1. The highest BCUT2D eigenvalue weighted by atomic mass is 32.2. The number of hydrogen-bond acceptors (Lipinski definition) is 5. The van der Waals surface area contributed by atoms with Gasteiger partial charge in [-0.15, -0.1) is 0 Å². The van der Waals surface area contributed by atoms with Gasteiger partial charge in [-0.05, 0) is 69.0 Å². The summed E-state index contributed by atoms with van der Waals surface area (Å²) in [5.41, 5.74) is 3.83. The SMILES string of the molecule is CCCNC(=O)C(CC)N(Cc1cccc(C)c1)C(=O)CN(c1cc(C)ccc1OC)S(=O)(=O)c1ccc(C)cc1. The van der Waals surface area contributed by atoms with Crippen LogP contribution >= 0.6 is 0 Å². The summed E-state index contributed by atoms with van der Waals surface area (Å²) in [6, 6.07) is 18.6. The largest absolute Gasteiger partial charge is 0.495 e. The number of aryl methyl sites for hydroxylation is 3. The summed E-state index contributed by atoms with van der Waals surface area (Å²) in [7, 11) is -2.73. The van der Waals surface area contributed by atoms with E-state index < -0.39 is 28.5 Å². The molecule has 0 aliphatic carbocycles. The number of amides is 2. The molecule has 8 nitrogen and oxygen atoms in total. The number of hydrogen-bond donors (Lipinski definition) is 1. The zero-order chi connectivity index (χ0) is 30.2. The van der Waals surface area contributed by atoms with E-state index in [4.69, 9.17) is 4.74 Å². The van der Waals surface area contributed by atoms with Crippen molar-refractivity contribution in [2.75, 3.05) is 24.5 Å². The summed E-state index contributed by atoms with van der Waals surface area (Å²) in [5.74, 6) is -0.447. The molecule has 3 aromatic carbocycles. The minimum atomic E-state index is -4.19. The van der Waals surface area contributed by atoms with Gasteiger partial charge in [-0.2, -0.15) is 0 Å². The highest BCUT2D eigenvalue weighted by Gasteiger charge is 2.34. The van der Waals surface area contributed by atoms with Crippen LogP contribution in [0.15, 0.2) is 71.6 Å². The molecule has 3 rings (SSSR count). The fourth-order valence-corrected chi connectivity index (χ4v) is 6.05. The molecule has 0 aliphatic rings. The topological polar surface area (TPSA) is 96.0 Å². The second-order valence-corrected chi connectivity index (χ2v) is 12.1. The van der Waals surface area contributed by atoms with Crippen LogP contribution in [0.3, 0.4) is 0 Å². The van der Waals surface area contributed by atoms with Gasteiger partial charge in [-0.1, -0.05) is 67.4 Å². The van der Waals surface area contributed by atoms with Crippen molar-refractivity contribution in [2.45, 2.75) is 64.9 Å². The normalized spacial score (nSPS) is 12.0. The fourth-order valence-electron chi connectivity index (χ4n) is 4.64. The first-order valence-electron chi connectivity index (χ1n) is 13.9. The number of carbonyl (C=O) groups is 2. The van der Waals surface area contributed by atoms with Gasteiger partial charge in [0.05, 0.1) is 17.7 Å². The Hall–Kier alpha value is -3.85. The Labute approximate surface area is 244 Å². The summed E-state index contributed by atoms with van der Waals surface area (Å²) in [6.07, 6.45) is 1.12. The van der Waals surface area contributed by atoms with Crippen molar-refractivity contribution >= 4 is 27.5 Å². The molecule has 0 saturated carbocycles. The van der Waals surface area contributed by atoms with Crippen LogP contribution in [-0.2, 0) is 26.2 Å². The molecule has 0 radical (unpaired) electrons. The molecule has 1 atom stereocenters. The Bertz CT molecular complexity index is 1450. The van der Waals surface area contributed by atoms with E-state index in [9.17, 15) is 18.0 Å². The summed E-state index contributed by atoms with van der Waals surface area (Å²) in [5, 5.41) is 2.90. The molecular formula is C32H41N3O5S. The van der Waals surface area contributed by atoms with Gasteiger partial charge in [0.15, 0.2) is 0 Å². The van der Waals surface area contributed by atoms with Crippen LogP contribution in [0.5, 0.6) is 5.75 Å². The van der Waals surface area contributed by atoms with Crippen molar-refractivity contribution in [3.05, 3.63) is 89.0 Å². The maximum atomic E-state index is 14.2. The predicted molar refractivity (Wildman–Crippen MR) is 163 cm³/mol. The van der Waals surface area contributed by atoms with Crippen LogP contribution in [0.1, 0.15) is 48.9 Å². The minimum absolute atomic E-state index is 0.0532. The molecule has 220 valence electrons. The monoisotopic (exact) mass is 579 g/mol. The number of sulfonamides is 1. The number of carbonyl (C=O) groups excluding carboxylic acids is 2. The van der Waals surface area contributed by atoms with Crippen molar-refractivity contribution in [2.24, 2.45) is 0 Å². The molecule has 0 saturated heterocycles. The first kappa shape index (κ1) is 31.7. The van der Waals surface area contributed by atoms with E-state index in [0.29, 0.717) is 18.7 Å².